The van der Waals surface area contributed by atoms with E-state index in [0.717, 1.165) is 10.8 Å². The number of H-pyrrole nitrogens is 1. The van der Waals surface area contributed by atoms with Crippen LogP contribution in [-0.2, 0) is 10.0 Å². The topological polar surface area (TPSA) is 103 Å². The lowest BCUT2D eigenvalue weighted by atomic mass is 10.1. The standard InChI is InChI=1S/C23H20N4O4S/c28-22-20-8-4-3-7-19(20)21(24-25-22)23(29)26-11-13-27(14-12-26)32(30,31)18-10-9-16-5-1-2-6-17(16)15-18/h1-10,15H,11-14H2,(H,25,28). The van der Waals surface area contributed by atoms with Gasteiger partial charge in [0.05, 0.1) is 10.3 Å². The van der Waals surface area contributed by atoms with E-state index in [4.69, 9.17) is 0 Å². The number of fused-ring (bicyclic) bond motifs is 2. The van der Waals surface area contributed by atoms with Crippen LogP contribution in [0.1, 0.15) is 10.5 Å². The maximum Gasteiger partial charge on any atom is 0.275 e. The number of rotatable bonds is 3. The Kier molecular flexibility index (Phi) is 4.99. The van der Waals surface area contributed by atoms with E-state index in [-0.39, 0.29) is 48.2 Å². The van der Waals surface area contributed by atoms with Crippen LogP contribution in [-0.4, -0.2) is 59.9 Å². The van der Waals surface area contributed by atoms with Crippen LogP contribution in [0.2, 0.25) is 0 Å². The van der Waals surface area contributed by atoms with Crippen molar-refractivity contribution >= 4 is 37.5 Å². The molecule has 1 aliphatic rings. The molecule has 8 nitrogen and oxygen atoms in total. The smallest absolute Gasteiger partial charge is 0.275 e. The molecule has 0 unspecified atom stereocenters. The summed E-state index contributed by atoms with van der Waals surface area (Å²) in [5.74, 6) is -0.333. The number of nitrogens with zero attached hydrogens (tertiary/aromatic N) is 3. The highest BCUT2D eigenvalue weighted by atomic mass is 32.2. The first-order valence-corrected chi connectivity index (χ1v) is 11.6. The monoisotopic (exact) mass is 448 g/mol. The molecule has 2 heterocycles. The van der Waals surface area contributed by atoms with E-state index in [2.05, 4.69) is 10.2 Å². The first kappa shape index (κ1) is 20.3. The number of amides is 1. The lowest BCUT2D eigenvalue weighted by Crippen LogP contribution is -2.50. The molecule has 162 valence electrons. The zero-order valence-electron chi connectivity index (χ0n) is 17.1. The molecule has 0 saturated carbocycles. The minimum Gasteiger partial charge on any atom is -0.335 e. The molecule has 1 saturated heterocycles. The van der Waals surface area contributed by atoms with Gasteiger partial charge in [-0.25, -0.2) is 13.5 Å². The highest BCUT2D eigenvalue weighted by Gasteiger charge is 2.31. The summed E-state index contributed by atoms with van der Waals surface area (Å²) in [4.78, 5) is 26.9. The Hall–Kier alpha value is -3.56. The quantitative estimate of drug-likeness (QED) is 0.518. The van der Waals surface area contributed by atoms with Crippen molar-refractivity contribution in [3.05, 3.63) is 82.8 Å². The highest BCUT2D eigenvalue weighted by Crippen LogP contribution is 2.23. The minimum absolute atomic E-state index is 0.158. The van der Waals surface area contributed by atoms with E-state index < -0.39 is 10.0 Å². The van der Waals surface area contributed by atoms with Crippen molar-refractivity contribution in [2.24, 2.45) is 0 Å². The molecule has 1 aromatic heterocycles. The number of carbonyl (C=O) groups excluding carboxylic acids is 1. The fourth-order valence-corrected chi connectivity index (χ4v) is 5.49. The molecular formula is C23H20N4O4S. The number of carbonyl (C=O) groups is 1. The molecule has 1 aliphatic heterocycles. The van der Waals surface area contributed by atoms with E-state index in [1.54, 1.807) is 47.4 Å². The van der Waals surface area contributed by atoms with E-state index >= 15 is 0 Å². The molecule has 0 bridgehead atoms. The molecular weight excluding hydrogens is 428 g/mol. The second kappa shape index (κ2) is 7.85. The first-order chi connectivity index (χ1) is 15.4. The lowest BCUT2D eigenvalue weighted by Gasteiger charge is -2.34. The molecule has 0 spiro atoms. The molecule has 0 radical (unpaired) electrons. The third-order valence-corrected chi connectivity index (χ3v) is 7.68. The second-order valence-corrected chi connectivity index (χ2v) is 9.59. The van der Waals surface area contributed by atoms with Gasteiger partial charge in [-0.3, -0.25) is 9.59 Å². The van der Waals surface area contributed by atoms with Crippen molar-refractivity contribution < 1.29 is 13.2 Å². The molecule has 9 heteroatoms. The van der Waals surface area contributed by atoms with Gasteiger partial charge in [0.2, 0.25) is 10.0 Å². The van der Waals surface area contributed by atoms with E-state index in [1.165, 1.54) is 4.31 Å². The molecule has 32 heavy (non-hydrogen) atoms. The van der Waals surface area contributed by atoms with Gasteiger partial charge in [0.25, 0.3) is 11.5 Å². The largest absolute Gasteiger partial charge is 0.335 e. The lowest BCUT2D eigenvalue weighted by molar-refractivity contribution is 0.0693. The van der Waals surface area contributed by atoms with E-state index in [1.807, 2.05) is 24.3 Å². The van der Waals surface area contributed by atoms with Crippen molar-refractivity contribution in [1.82, 2.24) is 19.4 Å². The summed E-state index contributed by atoms with van der Waals surface area (Å²) in [5, 5.41) is 9.04. The van der Waals surface area contributed by atoms with Gasteiger partial charge in [0.1, 0.15) is 0 Å². The Labute approximate surface area is 184 Å². The molecule has 1 amide bonds. The van der Waals surface area contributed by atoms with Crippen LogP contribution < -0.4 is 5.56 Å². The zero-order valence-corrected chi connectivity index (χ0v) is 17.9. The molecule has 0 atom stereocenters. The number of aromatic amines is 1. The molecule has 1 N–H and O–H groups in total. The Morgan fingerprint density at radius 3 is 2.25 bits per heavy atom. The average Bonchev–Trinajstić information content (AvgIpc) is 2.84. The van der Waals surface area contributed by atoms with Crippen LogP contribution in [0.4, 0.5) is 0 Å². The van der Waals surface area contributed by atoms with Crippen molar-refractivity contribution in [3.8, 4) is 0 Å². The molecule has 1 fully saturated rings. The molecule has 0 aliphatic carbocycles. The number of hydrogen-bond donors (Lipinski definition) is 1. The summed E-state index contributed by atoms with van der Waals surface area (Å²) < 4.78 is 27.7. The number of hydrogen-bond acceptors (Lipinski definition) is 5. The van der Waals surface area contributed by atoms with Crippen LogP contribution in [0.15, 0.2) is 76.4 Å². The fourth-order valence-electron chi connectivity index (χ4n) is 4.04. The maximum absolute atomic E-state index is 13.2. The molecule has 5 rings (SSSR count). The summed E-state index contributed by atoms with van der Waals surface area (Å²) in [6.45, 7) is 0.839. The van der Waals surface area contributed by atoms with Crippen LogP contribution in [0.5, 0.6) is 0 Å². The predicted octanol–water partition coefficient (Wildman–Crippen LogP) is 2.22. The summed E-state index contributed by atoms with van der Waals surface area (Å²) in [6, 6.07) is 19.5. The highest BCUT2D eigenvalue weighted by molar-refractivity contribution is 7.89. The fraction of sp³-hybridized carbons (Fsp3) is 0.174. The van der Waals surface area contributed by atoms with E-state index in [9.17, 15) is 18.0 Å². The van der Waals surface area contributed by atoms with Gasteiger partial charge in [0, 0.05) is 31.6 Å². The number of benzene rings is 3. The molecule has 3 aromatic carbocycles. The summed E-state index contributed by atoms with van der Waals surface area (Å²) in [7, 11) is -3.68. The van der Waals surface area contributed by atoms with Crippen LogP contribution in [0.25, 0.3) is 21.5 Å². The van der Waals surface area contributed by atoms with Gasteiger partial charge < -0.3 is 4.90 Å². The van der Waals surface area contributed by atoms with Crippen LogP contribution in [0.3, 0.4) is 0 Å². The van der Waals surface area contributed by atoms with Gasteiger partial charge in [0.15, 0.2) is 5.69 Å². The zero-order chi connectivity index (χ0) is 22.3. The van der Waals surface area contributed by atoms with Gasteiger partial charge in [-0.2, -0.15) is 9.40 Å². The van der Waals surface area contributed by atoms with Crippen molar-refractivity contribution in [3.63, 3.8) is 0 Å². The van der Waals surface area contributed by atoms with Crippen molar-refractivity contribution in [2.45, 2.75) is 4.90 Å². The Bertz CT molecular complexity index is 1510. The van der Waals surface area contributed by atoms with Crippen LogP contribution >= 0.6 is 0 Å². The third kappa shape index (κ3) is 3.45. The SMILES string of the molecule is O=C(c1n[nH]c(=O)c2ccccc12)N1CCN(S(=O)(=O)c2ccc3ccccc3c2)CC1. The van der Waals surface area contributed by atoms with Gasteiger partial charge in [-0.1, -0.05) is 48.5 Å². The normalized spacial score (nSPS) is 15.3. The Balaban J connectivity index is 1.36. The number of sulfonamides is 1. The average molecular weight is 449 g/mol. The predicted molar refractivity (Wildman–Crippen MR) is 121 cm³/mol. The summed E-state index contributed by atoms with van der Waals surface area (Å²) >= 11 is 0. The maximum atomic E-state index is 13.2. The number of nitrogens with one attached hydrogen (secondary N) is 1. The van der Waals surface area contributed by atoms with Gasteiger partial charge in [-0.05, 0) is 29.0 Å². The van der Waals surface area contributed by atoms with Crippen molar-refractivity contribution in [2.75, 3.05) is 26.2 Å². The summed E-state index contributed by atoms with van der Waals surface area (Å²) in [6.07, 6.45) is 0. The van der Waals surface area contributed by atoms with Crippen LogP contribution in [0, 0.1) is 0 Å². The second-order valence-electron chi connectivity index (χ2n) is 7.65. The number of piperazine rings is 1. The molecule has 4 aromatic rings. The number of aromatic nitrogens is 2. The minimum atomic E-state index is -3.68. The first-order valence-electron chi connectivity index (χ1n) is 10.2. The van der Waals surface area contributed by atoms with E-state index in [0.29, 0.717) is 10.8 Å². The van der Waals surface area contributed by atoms with Gasteiger partial charge in [-0.15, -0.1) is 0 Å². The third-order valence-electron chi connectivity index (χ3n) is 5.78. The summed E-state index contributed by atoms with van der Waals surface area (Å²) in [5.41, 5.74) is -0.200. The van der Waals surface area contributed by atoms with Gasteiger partial charge >= 0.3 is 0 Å². The van der Waals surface area contributed by atoms with Crippen molar-refractivity contribution in [1.29, 1.82) is 0 Å². The Morgan fingerprint density at radius 1 is 0.844 bits per heavy atom. The Morgan fingerprint density at radius 2 is 1.50 bits per heavy atom.